The fraction of sp³-hybridized carbons (Fsp3) is 0.842. The second kappa shape index (κ2) is 7.33. The fourth-order valence-corrected chi connectivity index (χ4v) is 5.13. The van der Waals surface area contributed by atoms with Crippen molar-refractivity contribution < 1.29 is 23.7 Å². The Morgan fingerprint density at radius 1 is 1.37 bits per heavy atom. The fourth-order valence-electron chi connectivity index (χ4n) is 5.13. The molecule has 5 rings (SSSR count). The molecule has 8 nitrogen and oxygen atoms in total. The van der Waals surface area contributed by atoms with E-state index >= 15 is 0 Å². The van der Waals surface area contributed by atoms with Crippen LogP contribution in [0.2, 0.25) is 0 Å². The third-order valence-electron chi connectivity index (χ3n) is 6.54. The van der Waals surface area contributed by atoms with Gasteiger partial charge in [-0.25, -0.2) is 4.79 Å². The minimum absolute atomic E-state index is 0.0286. The van der Waals surface area contributed by atoms with Gasteiger partial charge in [0, 0.05) is 46.4 Å². The highest BCUT2D eigenvalue weighted by Gasteiger charge is 2.70. The molecule has 5 fully saturated rings. The van der Waals surface area contributed by atoms with Gasteiger partial charge in [-0.1, -0.05) is 6.58 Å². The maximum Gasteiger partial charge on any atom is 0.407 e. The van der Waals surface area contributed by atoms with Crippen molar-refractivity contribution in [2.75, 3.05) is 53.4 Å². The number of carbonyl (C=O) groups is 1. The number of rotatable bonds is 5. The number of methoxy groups -OCH3 is 1. The Hall–Kier alpha value is -1.19. The zero-order valence-corrected chi connectivity index (χ0v) is 16.5. The normalized spacial score (nSPS) is 41.7. The average molecular weight is 381 g/mol. The number of alkyl carbamates (subject to hydrolysis) is 1. The second-order valence-electron chi connectivity index (χ2n) is 8.09. The van der Waals surface area contributed by atoms with Crippen LogP contribution in [0.25, 0.3) is 0 Å². The first kappa shape index (κ1) is 19.1. The largest absolute Gasteiger partial charge is 0.443 e. The molecule has 4 saturated heterocycles. The topological polar surface area (TPSA) is 72.5 Å². The van der Waals surface area contributed by atoms with Crippen LogP contribution in [0.4, 0.5) is 4.79 Å². The smallest absolute Gasteiger partial charge is 0.407 e. The highest BCUT2D eigenvalue weighted by Crippen LogP contribution is 2.59. The van der Waals surface area contributed by atoms with Gasteiger partial charge >= 0.3 is 6.09 Å². The SMILES string of the molecule is C=C1C2OC(OC)C3C1CC(OC(=O)NCC)C3(CN1CCN(C)CC1)O2. The predicted octanol–water partition coefficient (Wildman–Crippen LogP) is 0.639. The quantitative estimate of drug-likeness (QED) is 0.701. The number of nitrogens with one attached hydrogen (secondary N) is 1. The summed E-state index contributed by atoms with van der Waals surface area (Å²) in [7, 11) is 3.80. The van der Waals surface area contributed by atoms with E-state index in [0.717, 1.165) is 31.8 Å². The minimum Gasteiger partial charge on any atom is -0.443 e. The molecule has 0 radical (unpaired) electrons. The van der Waals surface area contributed by atoms with Crippen molar-refractivity contribution in [3.05, 3.63) is 12.2 Å². The molecule has 1 saturated carbocycles. The van der Waals surface area contributed by atoms with Crippen molar-refractivity contribution in [2.24, 2.45) is 11.8 Å². The van der Waals surface area contributed by atoms with Gasteiger partial charge in [0.1, 0.15) is 11.7 Å². The van der Waals surface area contributed by atoms with Crippen LogP contribution in [-0.2, 0) is 18.9 Å². The summed E-state index contributed by atoms with van der Waals surface area (Å²) in [6.07, 6.45) is -0.904. The Labute approximate surface area is 160 Å². The van der Waals surface area contributed by atoms with Gasteiger partial charge in [0.05, 0.1) is 5.92 Å². The Morgan fingerprint density at radius 3 is 2.78 bits per heavy atom. The third-order valence-corrected chi connectivity index (χ3v) is 6.54. The molecule has 152 valence electrons. The van der Waals surface area contributed by atoms with Gasteiger partial charge in [-0.2, -0.15) is 0 Å². The summed E-state index contributed by atoms with van der Waals surface area (Å²) in [5.41, 5.74) is 0.306. The first-order valence-electron chi connectivity index (χ1n) is 9.88. The number of nitrogens with zero attached hydrogens (tertiary/aromatic N) is 2. The van der Waals surface area contributed by atoms with Crippen molar-refractivity contribution in [2.45, 2.75) is 37.6 Å². The first-order chi connectivity index (χ1) is 13.0. The lowest BCUT2D eigenvalue weighted by molar-refractivity contribution is -0.375. The van der Waals surface area contributed by atoms with E-state index in [0.29, 0.717) is 19.5 Å². The monoisotopic (exact) mass is 381 g/mol. The van der Waals surface area contributed by atoms with E-state index in [1.165, 1.54) is 0 Å². The van der Waals surface area contributed by atoms with E-state index in [-0.39, 0.29) is 24.2 Å². The lowest BCUT2D eigenvalue weighted by atomic mass is 9.76. The van der Waals surface area contributed by atoms with E-state index in [9.17, 15) is 4.79 Å². The van der Waals surface area contributed by atoms with Crippen LogP contribution in [0.3, 0.4) is 0 Å². The molecular weight excluding hydrogens is 350 g/mol. The molecule has 1 aliphatic carbocycles. The van der Waals surface area contributed by atoms with Crippen LogP contribution in [0, 0.1) is 11.8 Å². The minimum atomic E-state index is -0.629. The van der Waals surface area contributed by atoms with Gasteiger partial charge in [-0.05, 0) is 31.9 Å². The number of piperazine rings is 1. The number of fused-ring (bicyclic) bond motifs is 1. The number of hydrogen-bond acceptors (Lipinski definition) is 7. The summed E-state index contributed by atoms with van der Waals surface area (Å²) in [6.45, 7) is 11.3. The van der Waals surface area contributed by atoms with Gasteiger partial charge in [0.25, 0.3) is 0 Å². The van der Waals surface area contributed by atoms with Gasteiger partial charge in [-0.3, -0.25) is 4.90 Å². The van der Waals surface area contributed by atoms with Crippen LogP contribution in [0.5, 0.6) is 0 Å². The zero-order chi connectivity index (χ0) is 19.2. The van der Waals surface area contributed by atoms with Crippen molar-refractivity contribution in [3.8, 4) is 0 Å². The van der Waals surface area contributed by atoms with E-state index in [1.54, 1.807) is 7.11 Å². The summed E-state index contributed by atoms with van der Waals surface area (Å²) in [4.78, 5) is 16.9. The van der Waals surface area contributed by atoms with Crippen LogP contribution in [0.1, 0.15) is 13.3 Å². The zero-order valence-electron chi connectivity index (χ0n) is 16.5. The number of hydrogen-bond donors (Lipinski definition) is 1. The molecule has 4 heterocycles. The number of carbonyl (C=O) groups excluding carboxylic acids is 1. The maximum absolute atomic E-state index is 12.2. The summed E-state index contributed by atoms with van der Waals surface area (Å²) in [5, 5.41) is 2.74. The molecule has 1 N–H and O–H groups in total. The Kier molecular flexibility index (Phi) is 5.20. The van der Waals surface area contributed by atoms with Gasteiger partial charge in [0.15, 0.2) is 12.6 Å². The van der Waals surface area contributed by atoms with Gasteiger partial charge in [0.2, 0.25) is 0 Å². The summed E-state index contributed by atoms with van der Waals surface area (Å²) in [6, 6.07) is 0. The molecule has 8 heteroatoms. The van der Waals surface area contributed by atoms with Crippen LogP contribution in [0.15, 0.2) is 12.2 Å². The maximum atomic E-state index is 12.2. The van der Waals surface area contributed by atoms with Crippen molar-refractivity contribution in [3.63, 3.8) is 0 Å². The average Bonchev–Trinajstić information content (AvgIpc) is 2.91. The Morgan fingerprint density at radius 2 is 2.11 bits per heavy atom. The van der Waals surface area contributed by atoms with Gasteiger partial charge < -0.3 is 29.2 Å². The highest BCUT2D eigenvalue weighted by molar-refractivity contribution is 5.67. The number of ether oxygens (including phenoxy) is 4. The Bertz CT molecular complexity index is 594. The second-order valence-corrected chi connectivity index (χ2v) is 8.09. The molecule has 0 aromatic carbocycles. The van der Waals surface area contributed by atoms with Crippen molar-refractivity contribution in [1.29, 1.82) is 0 Å². The molecular formula is C19H31N3O5. The summed E-state index contributed by atoms with van der Waals surface area (Å²) in [5.74, 6) is 0.147. The van der Waals surface area contributed by atoms with E-state index < -0.39 is 18.0 Å². The van der Waals surface area contributed by atoms with Crippen molar-refractivity contribution in [1.82, 2.24) is 15.1 Å². The number of likely N-dealkylation sites (N-methyl/N-ethyl adjacent to an activating group) is 1. The molecule has 0 spiro atoms. The van der Waals surface area contributed by atoms with Crippen LogP contribution in [-0.4, -0.2) is 93.6 Å². The third kappa shape index (κ3) is 3.17. The predicted molar refractivity (Wildman–Crippen MR) is 98.1 cm³/mol. The van der Waals surface area contributed by atoms with Crippen molar-refractivity contribution >= 4 is 6.09 Å². The number of amides is 1. The Balaban J connectivity index is 1.61. The molecule has 27 heavy (non-hydrogen) atoms. The molecule has 6 unspecified atom stereocenters. The van der Waals surface area contributed by atoms with Crippen LogP contribution >= 0.6 is 0 Å². The molecule has 5 aliphatic rings. The van der Waals surface area contributed by atoms with E-state index in [1.807, 2.05) is 6.92 Å². The molecule has 4 bridgehead atoms. The molecule has 0 aromatic rings. The first-order valence-corrected chi connectivity index (χ1v) is 9.88. The lowest BCUT2D eigenvalue weighted by Gasteiger charge is -2.55. The lowest BCUT2D eigenvalue weighted by Crippen LogP contribution is -2.68. The molecule has 6 atom stereocenters. The molecule has 0 aromatic heterocycles. The van der Waals surface area contributed by atoms with Crippen LogP contribution < -0.4 is 5.32 Å². The molecule has 1 amide bonds. The van der Waals surface area contributed by atoms with Gasteiger partial charge in [-0.15, -0.1) is 0 Å². The standard InChI is InChI=1S/C19H31N3O5/c1-5-20-18(23)25-14-10-13-12(2)16-26-17(24-4)15(13)19(14,27-16)11-22-8-6-21(3)7-9-22/h13-17H,2,5-11H2,1,3-4H3,(H,20,23). The summed E-state index contributed by atoms with van der Waals surface area (Å²) < 4.78 is 23.9. The van der Waals surface area contributed by atoms with E-state index in [4.69, 9.17) is 18.9 Å². The highest BCUT2D eigenvalue weighted by atomic mass is 16.8. The molecule has 4 aliphatic heterocycles. The summed E-state index contributed by atoms with van der Waals surface area (Å²) >= 11 is 0. The van der Waals surface area contributed by atoms with E-state index in [2.05, 4.69) is 28.7 Å².